The second-order valence-corrected chi connectivity index (χ2v) is 4.77. The monoisotopic (exact) mass is 287 g/mol. The van der Waals surface area contributed by atoms with Crippen LogP contribution in [-0.4, -0.2) is 47.9 Å². The fourth-order valence-corrected chi connectivity index (χ4v) is 1.48. The Labute approximate surface area is 117 Å². The first kappa shape index (κ1) is 17.9. The average Bonchev–Trinajstić information content (AvgIpc) is 2.31. The molecule has 0 saturated carbocycles. The first-order valence-corrected chi connectivity index (χ1v) is 6.25. The summed E-state index contributed by atoms with van der Waals surface area (Å²) in [4.78, 5) is 44.3. The Kier molecular flexibility index (Phi) is 7.95. The summed E-state index contributed by atoms with van der Waals surface area (Å²) >= 11 is 0. The van der Waals surface area contributed by atoms with Gasteiger partial charge in [0.25, 0.3) is 0 Å². The number of carboxylic acids is 1. The van der Waals surface area contributed by atoms with Crippen molar-refractivity contribution < 1.29 is 24.3 Å². The minimum atomic E-state index is -1.17. The molecule has 0 heterocycles. The largest absolute Gasteiger partial charge is 0.480 e. The van der Waals surface area contributed by atoms with Crippen molar-refractivity contribution in [2.45, 2.75) is 33.2 Å². The third-order valence-corrected chi connectivity index (χ3v) is 2.26. The molecule has 0 aliphatic heterocycles. The van der Waals surface area contributed by atoms with Gasteiger partial charge >= 0.3 is 5.97 Å². The molecule has 0 bridgehead atoms. The maximum absolute atomic E-state index is 11.8. The number of rotatable bonds is 8. The van der Waals surface area contributed by atoms with E-state index in [0.29, 0.717) is 6.42 Å². The number of carbonyl (C=O) groups excluding carboxylic acids is 3. The van der Waals surface area contributed by atoms with Gasteiger partial charge in [-0.2, -0.15) is 0 Å². The topological polar surface area (TPSA) is 125 Å². The molecule has 0 aromatic heterocycles. The van der Waals surface area contributed by atoms with Crippen LogP contribution in [-0.2, 0) is 19.2 Å². The molecule has 1 atom stereocenters. The molecule has 0 rings (SSSR count). The minimum Gasteiger partial charge on any atom is -0.480 e. The molecule has 3 amide bonds. The summed E-state index contributed by atoms with van der Waals surface area (Å²) in [5.41, 5.74) is 0. The lowest BCUT2D eigenvalue weighted by molar-refractivity contribution is -0.138. The van der Waals surface area contributed by atoms with Crippen molar-refractivity contribution in [2.75, 3.05) is 13.1 Å². The van der Waals surface area contributed by atoms with Crippen LogP contribution >= 0.6 is 0 Å². The molecular formula is C12H21N3O5. The molecule has 0 aliphatic carbocycles. The zero-order valence-electron chi connectivity index (χ0n) is 11.9. The zero-order valence-corrected chi connectivity index (χ0v) is 11.9. The summed E-state index contributed by atoms with van der Waals surface area (Å²) in [6, 6.07) is -0.709. The zero-order chi connectivity index (χ0) is 15.7. The molecule has 8 heteroatoms. The Bertz CT molecular complexity index is 381. The second kappa shape index (κ2) is 8.89. The molecular weight excluding hydrogens is 266 g/mol. The summed E-state index contributed by atoms with van der Waals surface area (Å²) in [5, 5.41) is 15.4. The molecule has 0 aromatic carbocycles. The number of carbonyl (C=O) groups is 4. The number of aliphatic carboxylic acids is 1. The van der Waals surface area contributed by atoms with Crippen LogP contribution < -0.4 is 16.0 Å². The fraction of sp³-hybridized carbons (Fsp3) is 0.667. The van der Waals surface area contributed by atoms with Crippen LogP contribution in [0.4, 0.5) is 0 Å². The van der Waals surface area contributed by atoms with Crippen LogP contribution in [0.3, 0.4) is 0 Å². The van der Waals surface area contributed by atoms with Gasteiger partial charge in [0.1, 0.15) is 12.6 Å². The fourth-order valence-electron chi connectivity index (χ4n) is 1.48. The van der Waals surface area contributed by atoms with E-state index in [4.69, 9.17) is 5.11 Å². The van der Waals surface area contributed by atoms with Gasteiger partial charge in [-0.1, -0.05) is 13.8 Å². The van der Waals surface area contributed by atoms with Gasteiger partial charge in [-0.05, 0) is 12.3 Å². The van der Waals surface area contributed by atoms with Crippen LogP contribution in [0.1, 0.15) is 27.2 Å². The number of carboxylic acid groups (broad SMARTS) is 1. The summed E-state index contributed by atoms with van der Waals surface area (Å²) in [5.74, 6) is -2.38. The van der Waals surface area contributed by atoms with Gasteiger partial charge in [-0.3, -0.25) is 19.2 Å². The molecule has 20 heavy (non-hydrogen) atoms. The molecule has 114 valence electrons. The summed E-state index contributed by atoms with van der Waals surface area (Å²) < 4.78 is 0. The van der Waals surface area contributed by atoms with Gasteiger partial charge in [-0.25, -0.2) is 0 Å². The third-order valence-electron chi connectivity index (χ3n) is 2.26. The lowest BCUT2D eigenvalue weighted by Gasteiger charge is -2.19. The van der Waals surface area contributed by atoms with E-state index in [1.54, 1.807) is 0 Å². The van der Waals surface area contributed by atoms with Gasteiger partial charge < -0.3 is 21.1 Å². The van der Waals surface area contributed by atoms with Gasteiger partial charge in [-0.15, -0.1) is 0 Å². The Hall–Kier alpha value is -2.12. The molecule has 0 radical (unpaired) electrons. The van der Waals surface area contributed by atoms with Crippen molar-refractivity contribution in [1.29, 1.82) is 0 Å². The smallest absolute Gasteiger partial charge is 0.322 e. The van der Waals surface area contributed by atoms with E-state index in [1.165, 1.54) is 6.92 Å². The second-order valence-electron chi connectivity index (χ2n) is 4.77. The highest BCUT2D eigenvalue weighted by Crippen LogP contribution is 2.04. The van der Waals surface area contributed by atoms with Crippen molar-refractivity contribution in [3.8, 4) is 0 Å². The standard InChI is InChI=1S/C12H21N3O5/c1-7(2)4-9(15-8(3)16)12(20)14-5-10(17)13-6-11(18)19/h7,9H,4-6H2,1-3H3,(H,13,17)(H,14,20)(H,15,16)(H,18,19)/t9-/m1/s1. The van der Waals surface area contributed by atoms with E-state index >= 15 is 0 Å². The molecule has 0 saturated heterocycles. The maximum atomic E-state index is 11.8. The summed E-state index contributed by atoms with van der Waals surface area (Å²) in [6.45, 7) is 4.28. The van der Waals surface area contributed by atoms with Gasteiger partial charge in [0.05, 0.1) is 6.54 Å². The first-order valence-electron chi connectivity index (χ1n) is 6.25. The average molecular weight is 287 g/mol. The van der Waals surface area contributed by atoms with Crippen molar-refractivity contribution in [3.63, 3.8) is 0 Å². The first-order chi connectivity index (χ1) is 9.22. The Morgan fingerprint density at radius 3 is 2.10 bits per heavy atom. The quantitative estimate of drug-likeness (QED) is 0.449. The Balaban J connectivity index is 4.27. The van der Waals surface area contributed by atoms with E-state index in [1.807, 2.05) is 13.8 Å². The lowest BCUT2D eigenvalue weighted by atomic mass is 10.0. The van der Waals surface area contributed by atoms with Crippen LogP contribution in [0, 0.1) is 5.92 Å². The van der Waals surface area contributed by atoms with E-state index in [9.17, 15) is 19.2 Å². The predicted molar refractivity (Wildman–Crippen MR) is 70.7 cm³/mol. The third kappa shape index (κ3) is 8.90. The molecule has 0 aliphatic rings. The molecule has 4 N–H and O–H groups in total. The van der Waals surface area contributed by atoms with Crippen molar-refractivity contribution in [2.24, 2.45) is 5.92 Å². The molecule has 0 fully saturated rings. The van der Waals surface area contributed by atoms with Crippen LogP contribution in [0.25, 0.3) is 0 Å². The van der Waals surface area contributed by atoms with E-state index < -0.39 is 30.4 Å². The Morgan fingerprint density at radius 2 is 1.65 bits per heavy atom. The van der Waals surface area contributed by atoms with Crippen molar-refractivity contribution in [1.82, 2.24) is 16.0 Å². The molecule has 0 aromatic rings. The Morgan fingerprint density at radius 1 is 1.05 bits per heavy atom. The van der Waals surface area contributed by atoms with Crippen molar-refractivity contribution >= 4 is 23.7 Å². The van der Waals surface area contributed by atoms with Gasteiger partial charge in [0.2, 0.25) is 17.7 Å². The number of hydrogen-bond acceptors (Lipinski definition) is 4. The molecule has 0 spiro atoms. The maximum Gasteiger partial charge on any atom is 0.322 e. The van der Waals surface area contributed by atoms with E-state index in [2.05, 4.69) is 16.0 Å². The SMILES string of the molecule is CC(=O)N[C@H](CC(C)C)C(=O)NCC(=O)NCC(=O)O. The highest BCUT2D eigenvalue weighted by molar-refractivity contribution is 5.90. The predicted octanol–water partition coefficient (Wildman–Crippen LogP) is -1.15. The highest BCUT2D eigenvalue weighted by atomic mass is 16.4. The minimum absolute atomic E-state index is 0.193. The normalized spacial score (nSPS) is 11.6. The van der Waals surface area contributed by atoms with Crippen LogP contribution in [0.2, 0.25) is 0 Å². The highest BCUT2D eigenvalue weighted by Gasteiger charge is 2.20. The van der Waals surface area contributed by atoms with Crippen LogP contribution in [0.5, 0.6) is 0 Å². The van der Waals surface area contributed by atoms with E-state index in [0.717, 1.165) is 0 Å². The van der Waals surface area contributed by atoms with E-state index in [-0.39, 0.29) is 18.4 Å². The number of amides is 3. The van der Waals surface area contributed by atoms with Gasteiger partial charge in [0.15, 0.2) is 0 Å². The number of nitrogens with one attached hydrogen (secondary N) is 3. The molecule has 0 unspecified atom stereocenters. The van der Waals surface area contributed by atoms with Crippen molar-refractivity contribution in [3.05, 3.63) is 0 Å². The summed E-state index contributed by atoms with van der Waals surface area (Å²) in [6.07, 6.45) is 0.447. The molecule has 8 nitrogen and oxygen atoms in total. The summed E-state index contributed by atoms with van der Waals surface area (Å²) in [7, 11) is 0. The lowest BCUT2D eigenvalue weighted by Crippen LogP contribution is -2.49. The number of hydrogen-bond donors (Lipinski definition) is 4. The van der Waals surface area contributed by atoms with Gasteiger partial charge in [0, 0.05) is 6.92 Å². The van der Waals surface area contributed by atoms with Crippen LogP contribution in [0.15, 0.2) is 0 Å².